The third kappa shape index (κ3) is 17.7. The monoisotopic (exact) mass is 266 g/mol. The van der Waals surface area contributed by atoms with E-state index in [2.05, 4.69) is 19.1 Å². The van der Waals surface area contributed by atoms with E-state index in [1.54, 1.807) is 0 Å². The molecule has 1 heteroatoms. The van der Waals surface area contributed by atoms with Gasteiger partial charge in [0.05, 0.1) is 0 Å². The highest BCUT2D eigenvalue weighted by atomic mass is 14.6. The number of hydrogen-bond donors (Lipinski definition) is 0. The van der Waals surface area contributed by atoms with Crippen LogP contribution < -0.4 is 5.73 Å². The van der Waals surface area contributed by atoms with Crippen molar-refractivity contribution in [3.8, 4) is 0 Å². The van der Waals surface area contributed by atoms with E-state index in [-0.39, 0.29) is 6.04 Å². The molecule has 0 aromatic heterocycles. The van der Waals surface area contributed by atoms with Gasteiger partial charge in [0.15, 0.2) is 0 Å². The quantitative estimate of drug-likeness (QED) is 0.260. The summed E-state index contributed by atoms with van der Waals surface area (Å²) in [7, 11) is 0. The van der Waals surface area contributed by atoms with Gasteiger partial charge in [-0.3, -0.25) is 5.73 Å². The van der Waals surface area contributed by atoms with Crippen LogP contribution in [0.15, 0.2) is 12.2 Å². The lowest BCUT2D eigenvalue weighted by molar-refractivity contribution is 0.534. The molecule has 0 bridgehead atoms. The van der Waals surface area contributed by atoms with Gasteiger partial charge >= 0.3 is 0 Å². The van der Waals surface area contributed by atoms with Crippen LogP contribution in [0.1, 0.15) is 97.3 Å². The molecule has 113 valence electrons. The summed E-state index contributed by atoms with van der Waals surface area (Å²) in [6, 6.07) is 0.144. The van der Waals surface area contributed by atoms with Gasteiger partial charge in [-0.2, -0.15) is 0 Å². The van der Waals surface area contributed by atoms with Gasteiger partial charge in [-0.05, 0) is 32.6 Å². The molecule has 0 fully saturated rings. The molecular weight excluding hydrogens is 230 g/mol. The molecule has 1 N–H and O–H groups in total. The van der Waals surface area contributed by atoms with E-state index in [0.717, 1.165) is 6.42 Å². The Hall–Kier alpha value is -0.300. The zero-order chi connectivity index (χ0) is 14.2. The summed E-state index contributed by atoms with van der Waals surface area (Å²) in [4.78, 5) is 0. The fourth-order valence-electron chi connectivity index (χ4n) is 2.33. The summed E-state index contributed by atoms with van der Waals surface area (Å²) in [5.41, 5.74) is 7.44. The van der Waals surface area contributed by atoms with Crippen LogP contribution in [0.25, 0.3) is 0 Å². The first kappa shape index (κ1) is 18.7. The smallest absolute Gasteiger partial charge is 0.0184 e. The van der Waals surface area contributed by atoms with Crippen LogP contribution in [0, 0.1) is 0 Å². The molecule has 1 radical (unpaired) electrons. The van der Waals surface area contributed by atoms with Gasteiger partial charge < -0.3 is 0 Å². The van der Waals surface area contributed by atoms with Gasteiger partial charge in [0, 0.05) is 6.04 Å². The van der Waals surface area contributed by atoms with Crippen LogP contribution in [0.3, 0.4) is 0 Å². The first-order valence-electron chi connectivity index (χ1n) is 8.63. The lowest BCUT2D eigenvalue weighted by Gasteiger charge is -2.03. The van der Waals surface area contributed by atoms with Crippen LogP contribution in [-0.4, -0.2) is 6.04 Å². The normalized spacial score (nSPS) is 13.2. The first-order chi connectivity index (χ1) is 9.27. The highest BCUT2D eigenvalue weighted by molar-refractivity contribution is 4.81. The van der Waals surface area contributed by atoms with Gasteiger partial charge in [-0.1, -0.05) is 76.9 Å². The molecule has 0 heterocycles. The second-order valence-corrected chi connectivity index (χ2v) is 5.92. The van der Waals surface area contributed by atoms with E-state index in [9.17, 15) is 0 Å². The predicted octanol–water partition coefficient (Wildman–Crippen LogP) is 6.31. The lowest BCUT2D eigenvalue weighted by atomic mass is 10.0. The Morgan fingerprint density at radius 2 is 1.21 bits per heavy atom. The molecule has 1 atom stereocenters. The minimum Gasteiger partial charge on any atom is -0.255 e. The Labute approximate surface area is 122 Å². The number of rotatable bonds is 14. The van der Waals surface area contributed by atoms with Gasteiger partial charge in [-0.25, -0.2) is 0 Å². The van der Waals surface area contributed by atoms with Crippen molar-refractivity contribution in [1.82, 2.24) is 5.73 Å². The minimum absolute atomic E-state index is 0.144. The van der Waals surface area contributed by atoms with Crippen molar-refractivity contribution in [3.05, 3.63) is 12.2 Å². The van der Waals surface area contributed by atoms with E-state index >= 15 is 0 Å². The molecule has 0 amide bonds. The van der Waals surface area contributed by atoms with Crippen molar-refractivity contribution in [2.75, 3.05) is 0 Å². The molecule has 0 rings (SSSR count). The highest BCUT2D eigenvalue weighted by Crippen LogP contribution is 2.11. The number of unbranched alkanes of at least 4 members (excludes halogenated alkanes) is 10. The summed E-state index contributed by atoms with van der Waals surface area (Å²) >= 11 is 0. The van der Waals surface area contributed by atoms with Crippen molar-refractivity contribution in [1.29, 1.82) is 0 Å². The van der Waals surface area contributed by atoms with Crippen molar-refractivity contribution in [2.24, 2.45) is 0 Å². The topological polar surface area (TPSA) is 23.8 Å². The maximum atomic E-state index is 7.44. The maximum Gasteiger partial charge on any atom is 0.0184 e. The van der Waals surface area contributed by atoms with E-state index in [0.29, 0.717) is 0 Å². The Balaban J connectivity index is 3.01. The summed E-state index contributed by atoms with van der Waals surface area (Å²) in [6.07, 6.45) is 22.0. The molecule has 0 aromatic carbocycles. The zero-order valence-electron chi connectivity index (χ0n) is 13.4. The molecular formula is C18H36N. The molecule has 1 unspecified atom stereocenters. The Bertz CT molecular complexity index is 184. The van der Waals surface area contributed by atoms with Gasteiger partial charge in [0.1, 0.15) is 0 Å². The molecule has 0 aliphatic carbocycles. The lowest BCUT2D eigenvalue weighted by Crippen LogP contribution is -2.01. The largest absolute Gasteiger partial charge is 0.255 e. The fourth-order valence-corrected chi connectivity index (χ4v) is 2.33. The van der Waals surface area contributed by atoms with Gasteiger partial charge in [0.2, 0.25) is 0 Å². The van der Waals surface area contributed by atoms with Crippen LogP contribution in [0.5, 0.6) is 0 Å². The first-order valence-corrected chi connectivity index (χ1v) is 8.63. The molecule has 0 saturated carbocycles. The maximum absolute atomic E-state index is 7.44. The van der Waals surface area contributed by atoms with E-state index in [1.807, 2.05) is 6.92 Å². The predicted molar refractivity (Wildman–Crippen MR) is 87.4 cm³/mol. The van der Waals surface area contributed by atoms with Gasteiger partial charge in [-0.15, -0.1) is 0 Å². The third-order valence-corrected chi connectivity index (χ3v) is 3.65. The molecule has 19 heavy (non-hydrogen) atoms. The van der Waals surface area contributed by atoms with Crippen LogP contribution in [0.2, 0.25) is 0 Å². The van der Waals surface area contributed by atoms with Crippen LogP contribution in [0.4, 0.5) is 0 Å². The third-order valence-electron chi connectivity index (χ3n) is 3.65. The summed E-state index contributed by atoms with van der Waals surface area (Å²) in [6.45, 7) is 4.25. The molecule has 0 aliphatic heterocycles. The van der Waals surface area contributed by atoms with Crippen LogP contribution >= 0.6 is 0 Å². The van der Waals surface area contributed by atoms with Crippen molar-refractivity contribution in [3.63, 3.8) is 0 Å². The summed E-state index contributed by atoms with van der Waals surface area (Å²) in [5, 5.41) is 0. The fraction of sp³-hybridized carbons (Fsp3) is 0.889. The second kappa shape index (κ2) is 15.8. The van der Waals surface area contributed by atoms with Crippen molar-refractivity contribution >= 4 is 0 Å². The average molecular weight is 266 g/mol. The number of hydrogen-bond acceptors (Lipinski definition) is 0. The molecule has 1 nitrogen and oxygen atoms in total. The number of nitrogens with one attached hydrogen (secondary N) is 1. The Morgan fingerprint density at radius 1 is 0.737 bits per heavy atom. The van der Waals surface area contributed by atoms with Crippen molar-refractivity contribution < 1.29 is 0 Å². The second-order valence-electron chi connectivity index (χ2n) is 5.92. The zero-order valence-corrected chi connectivity index (χ0v) is 13.4. The van der Waals surface area contributed by atoms with Crippen LogP contribution in [-0.2, 0) is 0 Å². The molecule has 0 aliphatic rings. The van der Waals surface area contributed by atoms with Gasteiger partial charge in [0.25, 0.3) is 0 Å². The molecule has 0 spiro atoms. The SMILES string of the molecule is CCCCC=CCCCCCCCCCCC(C)[NH]. The molecule has 0 aromatic rings. The highest BCUT2D eigenvalue weighted by Gasteiger charge is 1.95. The standard InChI is InChI=1S/C18H36N/c1-3-4-5-6-7-8-9-10-11-12-13-14-15-16-17-18(2)19/h6-7,18-19H,3-5,8-17H2,1-2H3. The number of allylic oxidation sites excluding steroid dienone is 2. The average Bonchev–Trinajstić information content (AvgIpc) is 2.39. The summed E-state index contributed by atoms with van der Waals surface area (Å²) < 4.78 is 0. The minimum atomic E-state index is 0.144. The Kier molecular flexibility index (Phi) is 15.5. The molecule has 0 saturated heterocycles. The van der Waals surface area contributed by atoms with E-state index < -0.39 is 0 Å². The van der Waals surface area contributed by atoms with E-state index in [1.165, 1.54) is 77.0 Å². The van der Waals surface area contributed by atoms with Crippen molar-refractivity contribution in [2.45, 2.75) is 103 Å². The Morgan fingerprint density at radius 3 is 1.74 bits per heavy atom. The summed E-state index contributed by atoms with van der Waals surface area (Å²) in [5.74, 6) is 0. The van der Waals surface area contributed by atoms with E-state index in [4.69, 9.17) is 5.73 Å².